The van der Waals surface area contributed by atoms with Gasteiger partial charge in [-0.25, -0.2) is 14.4 Å². The molecule has 19 heavy (non-hydrogen) atoms. The van der Waals surface area contributed by atoms with Crippen molar-refractivity contribution in [2.75, 3.05) is 5.32 Å². The molecule has 2 aromatic rings. The Labute approximate surface area is 119 Å². The quantitative estimate of drug-likeness (QED) is 0.856. The highest BCUT2D eigenvalue weighted by Gasteiger charge is 2.27. The highest BCUT2D eigenvalue weighted by Crippen LogP contribution is 2.39. The maximum Gasteiger partial charge on any atom is 0.135 e. The van der Waals surface area contributed by atoms with E-state index in [1.54, 1.807) is 6.07 Å². The summed E-state index contributed by atoms with van der Waals surface area (Å²) < 4.78 is 13.8. The SMILES string of the molecule is Cc1cc(F)ccc1Nc1cc(Br)nc(C2CC2)n1. The molecule has 0 bridgehead atoms. The van der Waals surface area contributed by atoms with Crippen LogP contribution in [0.1, 0.15) is 30.1 Å². The van der Waals surface area contributed by atoms with Gasteiger partial charge in [0.15, 0.2) is 0 Å². The lowest BCUT2D eigenvalue weighted by atomic mass is 10.2. The molecule has 0 radical (unpaired) electrons. The summed E-state index contributed by atoms with van der Waals surface area (Å²) in [4.78, 5) is 8.89. The topological polar surface area (TPSA) is 37.8 Å². The Morgan fingerprint density at radius 2 is 2.05 bits per heavy atom. The van der Waals surface area contributed by atoms with E-state index >= 15 is 0 Å². The highest BCUT2D eigenvalue weighted by atomic mass is 79.9. The predicted octanol–water partition coefficient (Wildman–Crippen LogP) is 4.31. The summed E-state index contributed by atoms with van der Waals surface area (Å²) in [6, 6.07) is 6.49. The summed E-state index contributed by atoms with van der Waals surface area (Å²) in [5.41, 5.74) is 1.71. The smallest absolute Gasteiger partial charge is 0.135 e. The molecule has 0 saturated heterocycles. The molecule has 0 atom stereocenters. The van der Waals surface area contributed by atoms with Gasteiger partial charge in [0.25, 0.3) is 0 Å². The second-order valence-electron chi connectivity index (χ2n) is 4.79. The van der Waals surface area contributed by atoms with Crippen LogP contribution >= 0.6 is 15.9 Å². The van der Waals surface area contributed by atoms with Gasteiger partial charge in [0.1, 0.15) is 22.1 Å². The summed E-state index contributed by atoms with van der Waals surface area (Å²) in [5, 5.41) is 3.22. The normalized spacial score (nSPS) is 14.5. The monoisotopic (exact) mass is 321 g/mol. The molecule has 1 heterocycles. The van der Waals surface area contributed by atoms with Crippen LogP contribution in [0.2, 0.25) is 0 Å². The van der Waals surface area contributed by atoms with E-state index in [0.29, 0.717) is 5.92 Å². The molecule has 3 nitrogen and oxygen atoms in total. The van der Waals surface area contributed by atoms with Crippen LogP contribution in [-0.4, -0.2) is 9.97 Å². The van der Waals surface area contributed by atoms with Gasteiger partial charge in [0, 0.05) is 17.7 Å². The third kappa shape index (κ3) is 2.92. The molecule has 98 valence electrons. The minimum absolute atomic E-state index is 0.231. The van der Waals surface area contributed by atoms with Crippen LogP contribution in [0.3, 0.4) is 0 Å². The van der Waals surface area contributed by atoms with E-state index in [9.17, 15) is 4.39 Å². The molecule has 1 saturated carbocycles. The van der Waals surface area contributed by atoms with E-state index in [2.05, 4.69) is 31.2 Å². The van der Waals surface area contributed by atoms with Crippen LogP contribution in [0.25, 0.3) is 0 Å². The van der Waals surface area contributed by atoms with Gasteiger partial charge < -0.3 is 5.32 Å². The van der Waals surface area contributed by atoms with Crippen molar-refractivity contribution in [2.45, 2.75) is 25.7 Å². The van der Waals surface area contributed by atoms with Gasteiger partial charge in [-0.1, -0.05) is 0 Å². The largest absolute Gasteiger partial charge is 0.340 e. The fourth-order valence-electron chi connectivity index (χ4n) is 1.93. The maximum absolute atomic E-state index is 13.1. The fraction of sp³-hybridized carbons (Fsp3) is 0.286. The lowest BCUT2D eigenvalue weighted by molar-refractivity contribution is 0.627. The zero-order valence-corrected chi connectivity index (χ0v) is 12.0. The van der Waals surface area contributed by atoms with E-state index in [1.807, 2.05) is 13.0 Å². The van der Waals surface area contributed by atoms with E-state index < -0.39 is 0 Å². The summed E-state index contributed by atoms with van der Waals surface area (Å²) in [6.45, 7) is 1.86. The molecule has 0 unspecified atom stereocenters. The number of hydrogen-bond donors (Lipinski definition) is 1. The zero-order valence-electron chi connectivity index (χ0n) is 10.5. The molecule has 1 aromatic carbocycles. The van der Waals surface area contributed by atoms with Crippen LogP contribution in [0.4, 0.5) is 15.9 Å². The fourth-order valence-corrected chi connectivity index (χ4v) is 2.33. The molecule has 1 aliphatic carbocycles. The van der Waals surface area contributed by atoms with Crippen molar-refractivity contribution in [3.8, 4) is 0 Å². The van der Waals surface area contributed by atoms with Gasteiger partial charge in [0.05, 0.1) is 0 Å². The number of hydrogen-bond acceptors (Lipinski definition) is 3. The van der Waals surface area contributed by atoms with E-state index in [-0.39, 0.29) is 5.82 Å². The first-order valence-electron chi connectivity index (χ1n) is 6.19. The number of nitrogens with one attached hydrogen (secondary N) is 1. The Morgan fingerprint density at radius 1 is 1.26 bits per heavy atom. The molecular formula is C14H13BrFN3. The lowest BCUT2D eigenvalue weighted by Crippen LogP contribution is -2.01. The summed E-state index contributed by atoms with van der Waals surface area (Å²) >= 11 is 3.40. The van der Waals surface area contributed by atoms with Crippen LogP contribution in [-0.2, 0) is 0 Å². The van der Waals surface area contributed by atoms with E-state index in [4.69, 9.17) is 0 Å². The Balaban J connectivity index is 1.89. The van der Waals surface area contributed by atoms with Crippen molar-refractivity contribution in [1.29, 1.82) is 0 Å². The molecule has 1 fully saturated rings. The van der Waals surface area contributed by atoms with Crippen LogP contribution in [0.5, 0.6) is 0 Å². The summed E-state index contributed by atoms with van der Waals surface area (Å²) in [5.74, 6) is 1.87. The number of aryl methyl sites for hydroxylation is 1. The molecule has 1 N–H and O–H groups in total. The lowest BCUT2D eigenvalue weighted by Gasteiger charge is -2.10. The molecule has 5 heteroatoms. The van der Waals surface area contributed by atoms with Gasteiger partial charge >= 0.3 is 0 Å². The summed E-state index contributed by atoms with van der Waals surface area (Å²) in [6.07, 6.45) is 2.32. The molecule has 0 spiro atoms. The number of halogens is 2. The molecule has 1 aliphatic rings. The predicted molar refractivity (Wildman–Crippen MR) is 76.1 cm³/mol. The molecule has 0 aliphatic heterocycles. The Morgan fingerprint density at radius 3 is 2.74 bits per heavy atom. The molecule has 3 rings (SSSR count). The first-order chi connectivity index (χ1) is 9.11. The number of nitrogens with zero attached hydrogens (tertiary/aromatic N) is 2. The Hall–Kier alpha value is -1.49. The first-order valence-corrected chi connectivity index (χ1v) is 6.99. The van der Waals surface area contributed by atoms with Crippen LogP contribution in [0.15, 0.2) is 28.9 Å². The minimum atomic E-state index is -0.231. The standard InChI is InChI=1S/C14H13BrFN3/c1-8-6-10(16)4-5-11(8)17-13-7-12(15)18-14(19-13)9-2-3-9/h4-7,9H,2-3H2,1H3,(H,17,18,19). The average molecular weight is 322 g/mol. The van der Waals surface area contributed by atoms with Crippen LogP contribution in [0, 0.1) is 12.7 Å². The van der Waals surface area contributed by atoms with Gasteiger partial charge in [-0.2, -0.15) is 0 Å². The van der Waals surface area contributed by atoms with Crippen molar-refractivity contribution in [2.24, 2.45) is 0 Å². The third-order valence-corrected chi connectivity index (χ3v) is 3.51. The van der Waals surface area contributed by atoms with Gasteiger partial charge in [-0.15, -0.1) is 0 Å². The molecule has 1 aromatic heterocycles. The second kappa shape index (κ2) is 4.89. The average Bonchev–Trinajstić information content (AvgIpc) is 3.16. The number of rotatable bonds is 3. The highest BCUT2D eigenvalue weighted by molar-refractivity contribution is 9.10. The Bertz CT molecular complexity index is 626. The van der Waals surface area contributed by atoms with Gasteiger partial charge in [-0.05, 0) is 59.5 Å². The third-order valence-electron chi connectivity index (χ3n) is 3.11. The van der Waals surface area contributed by atoms with Crippen molar-refractivity contribution in [1.82, 2.24) is 9.97 Å². The number of benzene rings is 1. The van der Waals surface area contributed by atoms with Crippen LogP contribution < -0.4 is 5.32 Å². The summed E-state index contributed by atoms with van der Waals surface area (Å²) in [7, 11) is 0. The van der Waals surface area contributed by atoms with Crippen molar-refractivity contribution < 1.29 is 4.39 Å². The van der Waals surface area contributed by atoms with Gasteiger partial charge in [0.2, 0.25) is 0 Å². The van der Waals surface area contributed by atoms with Crippen molar-refractivity contribution in [3.05, 3.63) is 46.1 Å². The Kier molecular flexibility index (Phi) is 3.22. The van der Waals surface area contributed by atoms with Crippen molar-refractivity contribution >= 4 is 27.4 Å². The minimum Gasteiger partial charge on any atom is -0.340 e. The van der Waals surface area contributed by atoms with E-state index in [0.717, 1.165) is 40.3 Å². The zero-order chi connectivity index (χ0) is 13.4. The van der Waals surface area contributed by atoms with Crippen molar-refractivity contribution in [3.63, 3.8) is 0 Å². The second-order valence-corrected chi connectivity index (χ2v) is 5.61. The van der Waals surface area contributed by atoms with Gasteiger partial charge in [-0.3, -0.25) is 0 Å². The van der Waals surface area contributed by atoms with E-state index in [1.165, 1.54) is 12.1 Å². The number of anilines is 2. The number of aromatic nitrogens is 2. The first kappa shape index (κ1) is 12.5. The molecule has 0 amide bonds. The maximum atomic E-state index is 13.1. The molecular weight excluding hydrogens is 309 g/mol.